The molecule has 0 unspecified atom stereocenters. The van der Waals surface area contributed by atoms with Crippen molar-refractivity contribution in [1.82, 2.24) is 15.2 Å². The number of ether oxygens (including phenoxy) is 2. The Bertz CT molecular complexity index is 891. The summed E-state index contributed by atoms with van der Waals surface area (Å²) in [6, 6.07) is 2.36. The second-order valence-corrected chi connectivity index (χ2v) is 8.52. The molecule has 0 bridgehead atoms. The van der Waals surface area contributed by atoms with E-state index in [1.807, 2.05) is 22.8 Å². The van der Waals surface area contributed by atoms with Crippen molar-refractivity contribution in [2.75, 3.05) is 44.9 Å². The monoisotopic (exact) mass is 427 g/mol. The van der Waals surface area contributed by atoms with Crippen LogP contribution in [0.2, 0.25) is 0 Å². The second kappa shape index (κ2) is 9.26. The lowest BCUT2D eigenvalue weighted by molar-refractivity contribution is -0.128. The molecule has 168 valence electrons. The summed E-state index contributed by atoms with van der Waals surface area (Å²) in [7, 11) is 1.65. The first kappa shape index (κ1) is 21.6. The lowest BCUT2D eigenvalue weighted by Crippen LogP contribution is -2.46. The molecule has 3 aliphatic rings. The Hall–Kier alpha value is -2.61. The molecule has 0 saturated carbocycles. The van der Waals surface area contributed by atoms with E-state index in [4.69, 9.17) is 19.9 Å². The highest BCUT2D eigenvalue weighted by Gasteiger charge is 2.31. The molecule has 8 nitrogen and oxygen atoms in total. The third-order valence-electron chi connectivity index (χ3n) is 6.47. The summed E-state index contributed by atoms with van der Waals surface area (Å²) in [5.74, 6) is 1.24. The number of amides is 1. The molecule has 31 heavy (non-hydrogen) atoms. The number of anilines is 1. The molecule has 1 saturated heterocycles. The van der Waals surface area contributed by atoms with Crippen LogP contribution in [-0.4, -0.2) is 67.6 Å². The van der Waals surface area contributed by atoms with Crippen LogP contribution >= 0.6 is 0 Å². The molecule has 1 fully saturated rings. The summed E-state index contributed by atoms with van der Waals surface area (Å²) >= 11 is 0. The van der Waals surface area contributed by atoms with Crippen LogP contribution in [0, 0.1) is 12.3 Å². The molecule has 0 radical (unpaired) electrons. The van der Waals surface area contributed by atoms with Gasteiger partial charge >= 0.3 is 0 Å². The zero-order valence-corrected chi connectivity index (χ0v) is 18.8. The maximum Gasteiger partial charge on any atom is 0.219 e. The number of carbonyl (C=O) groups excluding carboxylic acids is 1. The van der Waals surface area contributed by atoms with Crippen LogP contribution in [0.15, 0.2) is 17.3 Å². The lowest BCUT2D eigenvalue weighted by atomic mass is 9.99. The fourth-order valence-corrected chi connectivity index (χ4v) is 4.67. The molecule has 2 N–H and O–H groups in total. The molecule has 1 aromatic heterocycles. The molecule has 0 aliphatic carbocycles. The van der Waals surface area contributed by atoms with E-state index < -0.39 is 0 Å². The predicted molar refractivity (Wildman–Crippen MR) is 120 cm³/mol. The highest BCUT2D eigenvalue weighted by Crippen LogP contribution is 2.33. The first-order valence-corrected chi connectivity index (χ1v) is 11.2. The zero-order valence-electron chi connectivity index (χ0n) is 18.8. The largest absolute Gasteiger partial charge is 0.495 e. The van der Waals surface area contributed by atoms with Gasteiger partial charge in [-0.2, -0.15) is 0 Å². The van der Waals surface area contributed by atoms with Gasteiger partial charge in [0.15, 0.2) is 0 Å². The molecule has 0 atom stereocenters. The summed E-state index contributed by atoms with van der Waals surface area (Å²) in [5.41, 5.74) is 4.81. The summed E-state index contributed by atoms with van der Waals surface area (Å²) in [6.07, 6.45) is 4.52. The van der Waals surface area contributed by atoms with Gasteiger partial charge in [-0.25, -0.2) is 0 Å². The van der Waals surface area contributed by atoms with Gasteiger partial charge in [0.25, 0.3) is 0 Å². The molecule has 4 rings (SSSR count). The quantitative estimate of drug-likeness (QED) is 0.566. The van der Waals surface area contributed by atoms with Crippen molar-refractivity contribution in [3.63, 3.8) is 0 Å². The average Bonchev–Trinajstić information content (AvgIpc) is 2.78. The van der Waals surface area contributed by atoms with Crippen LogP contribution in [0.5, 0.6) is 5.75 Å². The van der Waals surface area contributed by atoms with Crippen molar-refractivity contribution in [3.8, 4) is 5.75 Å². The average molecular weight is 428 g/mol. The number of methoxy groups -OCH3 is 1. The first-order valence-electron chi connectivity index (χ1n) is 11.2. The smallest absolute Gasteiger partial charge is 0.219 e. The number of hydrogen-bond donors (Lipinski definition) is 2. The van der Waals surface area contributed by atoms with E-state index in [1.54, 1.807) is 14.0 Å². The lowest BCUT2D eigenvalue weighted by Gasteiger charge is -2.38. The number of pyridine rings is 1. The van der Waals surface area contributed by atoms with Gasteiger partial charge in [-0.1, -0.05) is 0 Å². The minimum absolute atomic E-state index is 0.0495. The highest BCUT2D eigenvalue weighted by molar-refractivity contribution is 6.09. The number of rotatable bonds is 4. The van der Waals surface area contributed by atoms with E-state index in [2.05, 4.69) is 5.32 Å². The number of carbonyl (C=O) groups is 1. The second-order valence-electron chi connectivity index (χ2n) is 8.52. The molecule has 3 aliphatic heterocycles. The zero-order chi connectivity index (χ0) is 22.0. The Labute approximate surface area is 184 Å². The van der Waals surface area contributed by atoms with Crippen molar-refractivity contribution >= 4 is 17.4 Å². The minimum atomic E-state index is 0.0495. The topological polar surface area (TPSA) is 90.8 Å². The van der Waals surface area contributed by atoms with E-state index in [9.17, 15) is 4.79 Å². The van der Waals surface area contributed by atoms with Crippen molar-refractivity contribution in [2.24, 2.45) is 0 Å². The Kier molecular flexibility index (Phi) is 6.46. The van der Waals surface area contributed by atoms with Crippen LogP contribution in [0.4, 0.5) is 5.69 Å². The van der Waals surface area contributed by atoms with Crippen LogP contribution in [0.3, 0.4) is 0 Å². The highest BCUT2D eigenvalue weighted by atomic mass is 16.5. The molecule has 0 spiro atoms. The number of nitrogens with one attached hydrogen (secondary N) is 2. The molecule has 1 amide bonds. The standard InChI is InChI=1S/C23H33N5O3/c1-15-22(30-3)13-21-20(25-15)5-4-9-28(21)23(24)18-14-27(16(2)29)10-6-19(18)26-17-7-11-31-12-8-17/h13,17,24,26H,4-12,14H2,1-3H3. The van der Waals surface area contributed by atoms with Crippen molar-refractivity contribution in [1.29, 1.82) is 5.41 Å². The van der Waals surface area contributed by atoms with Crippen LogP contribution < -0.4 is 15.0 Å². The van der Waals surface area contributed by atoms with Gasteiger partial charge in [-0.3, -0.25) is 15.2 Å². The number of nitrogens with zero attached hydrogens (tertiary/aromatic N) is 3. The van der Waals surface area contributed by atoms with E-state index in [0.717, 1.165) is 86.0 Å². The van der Waals surface area contributed by atoms with Gasteiger partial charge in [-0.15, -0.1) is 0 Å². The first-order chi connectivity index (χ1) is 15.0. The number of hydrogen-bond acceptors (Lipinski definition) is 6. The number of aromatic nitrogens is 1. The SMILES string of the molecule is COc1cc2c(nc1C)CCCN2C(=N)C1=C(NC2CCOCC2)CCN(C(C)=O)C1. The Morgan fingerprint density at radius 2 is 2.06 bits per heavy atom. The van der Waals surface area contributed by atoms with Gasteiger partial charge in [-0.05, 0) is 32.6 Å². The summed E-state index contributed by atoms with van der Waals surface area (Å²) < 4.78 is 11.0. The van der Waals surface area contributed by atoms with Crippen molar-refractivity contribution in [3.05, 3.63) is 28.7 Å². The molecular formula is C23H33N5O3. The van der Waals surface area contributed by atoms with Gasteiger partial charge in [0.1, 0.15) is 11.6 Å². The van der Waals surface area contributed by atoms with Crippen molar-refractivity contribution < 1.29 is 14.3 Å². The Morgan fingerprint density at radius 1 is 1.29 bits per heavy atom. The Morgan fingerprint density at radius 3 is 2.77 bits per heavy atom. The number of amidine groups is 1. The summed E-state index contributed by atoms with van der Waals surface area (Å²) in [6.45, 7) is 6.99. The summed E-state index contributed by atoms with van der Waals surface area (Å²) in [4.78, 5) is 20.7. The molecule has 8 heteroatoms. The molecule has 1 aromatic rings. The van der Waals surface area contributed by atoms with Crippen LogP contribution in [0.1, 0.15) is 44.0 Å². The fourth-order valence-electron chi connectivity index (χ4n) is 4.67. The number of fused-ring (bicyclic) bond motifs is 1. The molecule has 4 heterocycles. The maximum absolute atomic E-state index is 12.1. The van der Waals surface area contributed by atoms with E-state index in [1.165, 1.54) is 0 Å². The number of aryl methyl sites for hydroxylation is 2. The van der Waals surface area contributed by atoms with E-state index in [-0.39, 0.29) is 5.91 Å². The third kappa shape index (κ3) is 4.54. The van der Waals surface area contributed by atoms with E-state index in [0.29, 0.717) is 25.0 Å². The van der Waals surface area contributed by atoms with Crippen LogP contribution in [-0.2, 0) is 16.0 Å². The normalized spacial score (nSPS) is 19.8. The molecular weight excluding hydrogens is 394 g/mol. The van der Waals surface area contributed by atoms with Gasteiger partial charge in [0, 0.05) is 63.0 Å². The predicted octanol–water partition coefficient (Wildman–Crippen LogP) is 2.40. The van der Waals surface area contributed by atoms with Gasteiger partial charge < -0.3 is 24.6 Å². The van der Waals surface area contributed by atoms with Gasteiger partial charge in [0.2, 0.25) is 5.91 Å². The third-order valence-corrected chi connectivity index (χ3v) is 6.47. The molecule has 0 aromatic carbocycles. The fraction of sp³-hybridized carbons (Fsp3) is 0.609. The Balaban J connectivity index is 1.67. The van der Waals surface area contributed by atoms with E-state index >= 15 is 0 Å². The summed E-state index contributed by atoms with van der Waals surface area (Å²) in [5, 5.41) is 12.9. The van der Waals surface area contributed by atoms with Crippen molar-refractivity contribution in [2.45, 2.75) is 52.0 Å². The minimum Gasteiger partial charge on any atom is -0.495 e. The van der Waals surface area contributed by atoms with Crippen LogP contribution in [0.25, 0.3) is 0 Å². The maximum atomic E-state index is 12.1. The van der Waals surface area contributed by atoms with Gasteiger partial charge in [0.05, 0.1) is 30.7 Å².